The fraction of sp³-hybridized carbons (Fsp3) is 0.667. The molecule has 3 rings (SSSR count). The molecular weight excluding hydrogens is 360 g/mol. The molecule has 0 bridgehead atoms. The van der Waals surface area contributed by atoms with Crippen molar-refractivity contribution in [1.29, 1.82) is 0 Å². The molecular formula is C30H46. The summed E-state index contributed by atoms with van der Waals surface area (Å²) in [6.07, 6.45) is 7.23. The minimum Gasteiger partial charge on any atom is -0.100 e. The van der Waals surface area contributed by atoms with Crippen LogP contribution in [-0.2, 0) is 23.7 Å². The van der Waals surface area contributed by atoms with E-state index in [0.29, 0.717) is 21.7 Å². The lowest BCUT2D eigenvalue weighted by atomic mass is 9.50. The quantitative estimate of drug-likeness (QED) is 0.379. The smallest absolute Gasteiger partial charge is 0.00240 e. The highest BCUT2D eigenvalue weighted by Gasteiger charge is 2.51. The van der Waals surface area contributed by atoms with Crippen LogP contribution >= 0.6 is 0 Å². The Bertz CT molecular complexity index is 814. The number of rotatable bonds is 8. The van der Waals surface area contributed by atoms with E-state index >= 15 is 0 Å². The summed E-state index contributed by atoms with van der Waals surface area (Å²) in [5, 5.41) is 0. The third-order valence-corrected chi connectivity index (χ3v) is 7.90. The number of fused-ring (bicyclic) bond motifs is 2. The van der Waals surface area contributed by atoms with Gasteiger partial charge in [-0.15, -0.1) is 13.2 Å². The zero-order chi connectivity index (χ0) is 22.9. The fourth-order valence-corrected chi connectivity index (χ4v) is 8.12. The molecule has 0 saturated heterocycles. The van der Waals surface area contributed by atoms with Gasteiger partial charge in [0.1, 0.15) is 0 Å². The van der Waals surface area contributed by atoms with E-state index in [1.165, 1.54) is 36.8 Å². The molecule has 0 radical (unpaired) electrons. The molecule has 0 aliphatic heterocycles. The van der Waals surface area contributed by atoms with Gasteiger partial charge in [-0.25, -0.2) is 0 Å². The molecule has 2 aliphatic rings. The summed E-state index contributed by atoms with van der Waals surface area (Å²) in [4.78, 5) is 0. The molecule has 0 nitrogen and oxygen atoms in total. The van der Waals surface area contributed by atoms with Crippen LogP contribution < -0.4 is 0 Å². The number of benzene rings is 1. The lowest BCUT2D eigenvalue weighted by Gasteiger charge is -2.54. The molecule has 0 aromatic heterocycles. The maximum Gasteiger partial charge on any atom is -0.00240 e. The Balaban J connectivity index is 1.93. The van der Waals surface area contributed by atoms with Crippen LogP contribution in [0.3, 0.4) is 0 Å². The third-order valence-electron chi connectivity index (χ3n) is 7.90. The first-order valence-electron chi connectivity index (χ1n) is 11.9. The minimum atomic E-state index is 0.308. The minimum absolute atomic E-state index is 0.308. The Morgan fingerprint density at radius 1 is 0.733 bits per heavy atom. The van der Waals surface area contributed by atoms with Crippen molar-refractivity contribution in [2.75, 3.05) is 0 Å². The second kappa shape index (κ2) is 7.11. The van der Waals surface area contributed by atoms with Crippen molar-refractivity contribution in [3.05, 3.63) is 57.7 Å². The fourth-order valence-electron chi connectivity index (χ4n) is 8.12. The van der Waals surface area contributed by atoms with E-state index in [2.05, 4.69) is 82.4 Å². The molecule has 166 valence electrons. The summed E-state index contributed by atoms with van der Waals surface area (Å²) in [5.74, 6) is 0. The summed E-state index contributed by atoms with van der Waals surface area (Å²) in [6.45, 7) is 32.3. The van der Waals surface area contributed by atoms with Gasteiger partial charge in [0, 0.05) is 0 Å². The summed E-state index contributed by atoms with van der Waals surface area (Å²) >= 11 is 0. The summed E-state index contributed by atoms with van der Waals surface area (Å²) in [7, 11) is 0. The Labute approximate surface area is 187 Å². The summed E-state index contributed by atoms with van der Waals surface area (Å²) in [5.41, 5.74) is 13.8. The Hall–Kier alpha value is -1.30. The van der Waals surface area contributed by atoms with Gasteiger partial charge in [0.25, 0.3) is 0 Å². The normalized spacial score (nSPS) is 25.1. The van der Waals surface area contributed by atoms with Gasteiger partial charge in [-0.1, -0.05) is 52.7 Å². The van der Waals surface area contributed by atoms with Crippen LogP contribution in [0.5, 0.6) is 0 Å². The van der Waals surface area contributed by atoms with Crippen LogP contribution in [0.25, 0.3) is 0 Å². The van der Waals surface area contributed by atoms with Crippen molar-refractivity contribution in [3.8, 4) is 0 Å². The monoisotopic (exact) mass is 406 g/mol. The highest BCUT2D eigenvalue weighted by molar-refractivity contribution is 5.65. The molecule has 2 aliphatic carbocycles. The first-order chi connectivity index (χ1) is 13.5. The zero-order valence-electron chi connectivity index (χ0n) is 21.7. The van der Waals surface area contributed by atoms with Gasteiger partial charge < -0.3 is 0 Å². The van der Waals surface area contributed by atoms with E-state index in [-0.39, 0.29) is 0 Å². The molecule has 0 spiro atoms. The van der Waals surface area contributed by atoms with Crippen molar-refractivity contribution >= 4 is 0 Å². The maximum atomic E-state index is 4.18. The van der Waals surface area contributed by atoms with Crippen molar-refractivity contribution in [2.45, 2.75) is 119 Å². The molecule has 30 heavy (non-hydrogen) atoms. The van der Waals surface area contributed by atoms with Crippen LogP contribution in [0.4, 0.5) is 0 Å². The standard InChI is InChI=1S/C30H46/c1-19(2)13-27(7,8)17-29(11)15-23-22(6)26-24(21(5)25(23)29)16-30(26,12)18-28(9,10)14-20(3)4/h1,3,13-18H2,2,4-12H3. The first-order valence-corrected chi connectivity index (χ1v) is 11.9. The van der Waals surface area contributed by atoms with Gasteiger partial charge in [-0.05, 0) is 121 Å². The summed E-state index contributed by atoms with van der Waals surface area (Å²) < 4.78 is 0. The molecule has 0 amide bonds. The van der Waals surface area contributed by atoms with Crippen LogP contribution in [0.1, 0.15) is 114 Å². The van der Waals surface area contributed by atoms with Crippen LogP contribution in [0.15, 0.2) is 24.3 Å². The highest BCUT2D eigenvalue weighted by atomic mass is 14.5. The second-order valence-electron chi connectivity index (χ2n) is 13.4. The third kappa shape index (κ3) is 3.96. The SMILES string of the molecule is C=C(C)CC(C)(C)CC1(C)Cc2c(C)c3c(c(C)c21)CC3(C)CC(C)(C)CC(=C)C. The van der Waals surface area contributed by atoms with Crippen LogP contribution in [0.2, 0.25) is 0 Å². The highest BCUT2D eigenvalue weighted by Crippen LogP contribution is 2.59. The molecule has 0 N–H and O–H groups in total. The molecule has 2 unspecified atom stereocenters. The Morgan fingerprint density at radius 3 is 1.30 bits per heavy atom. The van der Waals surface area contributed by atoms with E-state index < -0.39 is 0 Å². The van der Waals surface area contributed by atoms with Crippen molar-refractivity contribution in [1.82, 2.24) is 0 Å². The van der Waals surface area contributed by atoms with Gasteiger partial charge >= 0.3 is 0 Å². The Morgan fingerprint density at radius 2 is 1.03 bits per heavy atom. The largest absolute Gasteiger partial charge is 0.100 e. The summed E-state index contributed by atoms with van der Waals surface area (Å²) in [6, 6.07) is 0. The van der Waals surface area contributed by atoms with Crippen molar-refractivity contribution < 1.29 is 0 Å². The topological polar surface area (TPSA) is 0 Å². The van der Waals surface area contributed by atoms with Gasteiger partial charge in [0.15, 0.2) is 0 Å². The van der Waals surface area contributed by atoms with E-state index in [9.17, 15) is 0 Å². The lowest BCUT2D eigenvalue weighted by molar-refractivity contribution is 0.207. The maximum absolute atomic E-state index is 4.18. The van der Waals surface area contributed by atoms with E-state index in [1.807, 2.05) is 0 Å². The lowest BCUT2D eigenvalue weighted by Crippen LogP contribution is -2.47. The molecule has 0 fully saturated rings. The molecule has 0 heterocycles. The zero-order valence-corrected chi connectivity index (χ0v) is 21.7. The second-order valence-corrected chi connectivity index (χ2v) is 13.4. The van der Waals surface area contributed by atoms with Crippen molar-refractivity contribution in [2.24, 2.45) is 10.8 Å². The van der Waals surface area contributed by atoms with Crippen LogP contribution in [0, 0.1) is 24.7 Å². The average molecular weight is 407 g/mol. The number of hydrogen-bond donors (Lipinski definition) is 0. The van der Waals surface area contributed by atoms with E-state index in [4.69, 9.17) is 0 Å². The number of allylic oxidation sites excluding steroid dienone is 2. The van der Waals surface area contributed by atoms with Gasteiger partial charge in [0.2, 0.25) is 0 Å². The predicted molar refractivity (Wildman–Crippen MR) is 134 cm³/mol. The van der Waals surface area contributed by atoms with E-state index in [1.54, 1.807) is 33.4 Å². The molecule has 0 saturated carbocycles. The van der Waals surface area contributed by atoms with Crippen molar-refractivity contribution in [3.63, 3.8) is 0 Å². The van der Waals surface area contributed by atoms with E-state index in [0.717, 1.165) is 12.8 Å². The molecule has 2 atom stereocenters. The van der Waals surface area contributed by atoms with Gasteiger partial charge in [0.05, 0.1) is 0 Å². The molecule has 1 aromatic carbocycles. The predicted octanol–water partition coefficient (Wildman–Crippen LogP) is 8.70. The molecule has 1 aromatic rings. The molecule has 0 heteroatoms. The number of hydrogen-bond acceptors (Lipinski definition) is 0. The Kier molecular flexibility index (Phi) is 5.54. The van der Waals surface area contributed by atoms with Gasteiger partial charge in [-0.2, -0.15) is 0 Å². The average Bonchev–Trinajstić information content (AvgIpc) is 2.45. The first kappa shape index (κ1) is 23.4. The van der Waals surface area contributed by atoms with Crippen LogP contribution in [-0.4, -0.2) is 0 Å². The van der Waals surface area contributed by atoms with Gasteiger partial charge in [-0.3, -0.25) is 0 Å².